The van der Waals surface area contributed by atoms with E-state index in [1.807, 2.05) is 6.92 Å². The highest BCUT2D eigenvalue weighted by Gasteiger charge is 2.30. The first-order valence-electron chi connectivity index (χ1n) is 7.75. The summed E-state index contributed by atoms with van der Waals surface area (Å²) in [5.74, 6) is 1.38. The quantitative estimate of drug-likeness (QED) is 0.753. The van der Waals surface area contributed by atoms with Crippen LogP contribution in [0.2, 0.25) is 0 Å². The van der Waals surface area contributed by atoms with Crippen molar-refractivity contribution in [2.75, 3.05) is 0 Å². The fraction of sp³-hybridized carbons (Fsp3) is 0.429. The zero-order valence-electron chi connectivity index (χ0n) is 13.0. The maximum Gasteiger partial charge on any atom is 0.243 e. The van der Waals surface area contributed by atoms with Crippen LogP contribution in [0.5, 0.6) is 0 Å². The Hall–Kier alpha value is -2.33. The monoisotopic (exact) mass is 348 g/mol. The molecule has 3 heterocycles. The number of fused-ring (bicyclic) bond motifs is 2. The van der Waals surface area contributed by atoms with Crippen LogP contribution in [0.25, 0.3) is 11.0 Å². The van der Waals surface area contributed by atoms with Crippen LogP contribution in [0, 0.1) is 0 Å². The van der Waals surface area contributed by atoms with Crippen LogP contribution in [0.4, 0.5) is 0 Å². The van der Waals surface area contributed by atoms with E-state index in [4.69, 9.17) is 0 Å². The molecule has 0 spiro atoms. The number of sulfonamides is 1. The summed E-state index contributed by atoms with van der Waals surface area (Å²) in [7, 11) is -3.79. The highest BCUT2D eigenvalue weighted by Crippen LogP contribution is 2.27. The Morgan fingerprint density at radius 2 is 2.25 bits per heavy atom. The molecule has 24 heavy (non-hydrogen) atoms. The maximum absolute atomic E-state index is 12.8. The molecule has 0 saturated carbocycles. The van der Waals surface area contributed by atoms with Gasteiger partial charge in [0.05, 0.1) is 6.04 Å². The lowest BCUT2D eigenvalue weighted by Crippen LogP contribution is -2.33. The second kappa shape index (κ2) is 5.64. The van der Waals surface area contributed by atoms with E-state index in [1.165, 1.54) is 6.07 Å². The van der Waals surface area contributed by atoms with Crippen molar-refractivity contribution in [3.8, 4) is 0 Å². The van der Waals surface area contributed by atoms with Gasteiger partial charge in [-0.3, -0.25) is 0 Å². The summed E-state index contributed by atoms with van der Waals surface area (Å²) in [6.45, 7) is 2.72. The number of aromatic nitrogens is 5. The Balaban J connectivity index is 1.70. The topological polar surface area (TPSA) is 116 Å². The standard InChI is InChI=1S/C14H16N6O3S/c1-2-12-15-14-10(6-4-8-20(14)16-12)19-24(21,22)11-7-3-5-9-13(11)18-23-17-9/h3,5,7,10,19H,2,4,6,8H2,1H3. The lowest BCUT2D eigenvalue weighted by Gasteiger charge is -2.22. The third-order valence-electron chi connectivity index (χ3n) is 4.07. The van der Waals surface area contributed by atoms with Gasteiger partial charge in [-0.2, -0.15) is 5.10 Å². The molecule has 4 rings (SSSR count). The molecule has 0 saturated heterocycles. The summed E-state index contributed by atoms with van der Waals surface area (Å²) in [5.41, 5.74) is 0.620. The van der Waals surface area contributed by atoms with E-state index >= 15 is 0 Å². The first-order valence-corrected chi connectivity index (χ1v) is 9.24. The van der Waals surface area contributed by atoms with E-state index in [-0.39, 0.29) is 10.4 Å². The third kappa shape index (κ3) is 2.47. The van der Waals surface area contributed by atoms with Crippen LogP contribution >= 0.6 is 0 Å². The number of nitrogens with one attached hydrogen (secondary N) is 1. The van der Waals surface area contributed by atoms with Gasteiger partial charge in [0.25, 0.3) is 0 Å². The molecule has 0 fully saturated rings. The van der Waals surface area contributed by atoms with E-state index in [1.54, 1.807) is 16.8 Å². The normalized spacial score (nSPS) is 18.0. The zero-order chi connectivity index (χ0) is 16.7. The zero-order valence-corrected chi connectivity index (χ0v) is 13.8. The van der Waals surface area contributed by atoms with Gasteiger partial charge in [0.1, 0.15) is 16.2 Å². The molecule has 0 bridgehead atoms. The fourth-order valence-electron chi connectivity index (χ4n) is 2.91. The molecule has 3 aromatic rings. The van der Waals surface area contributed by atoms with E-state index in [9.17, 15) is 8.42 Å². The summed E-state index contributed by atoms with van der Waals surface area (Å²) in [6, 6.07) is 4.33. The van der Waals surface area contributed by atoms with Crippen molar-refractivity contribution >= 4 is 21.1 Å². The van der Waals surface area contributed by atoms with Gasteiger partial charge >= 0.3 is 0 Å². The molecule has 126 valence electrons. The number of benzene rings is 1. The van der Waals surface area contributed by atoms with Crippen molar-refractivity contribution in [2.45, 2.75) is 43.7 Å². The summed E-state index contributed by atoms with van der Waals surface area (Å²) in [5, 5.41) is 11.8. The Bertz CT molecular complexity index is 993. The second-order valence-electron chi connectivity index (χ2n) is 5.67. The highest BCUT2D eigenvalue weighted by molar-refractivity contribution is 7.89. The van der Waals surface area contributed by atoms with Gasteiger partial charge in [0.2, 0.25) is 10.0 Å². The molecule has 9 nitrogen and oxygen atoms in total. The van der Waals surface area contributed by atoms with E-state index < -0.39 is 16.1 Å². The number of nitrogens with zero attached hydrogens (tertiary/aromatic N) is 5. The molecule has 1 aliphatic rings. The van der Waals surface area contributed by atoms with Crippen molar-refractivity contribution in [2.24, 2.45) is 0 Å². The highest BCUT2D eigenvalue weighted by atomic mass is 32.2. The predicted molar refractivity (Wildman–Crippen MR) is 83.5 cm³/mol. The van der Waals surface area contributed by atoms with Gasteiger partial charge in [0.15, 0.2) is 11.3 Å². The third-order valence-corrected chi connectivity index (χ3v) is 5.57. The van der Waals surface area contributed by atoms with Gasteiger partial charge in [-0.15, -0.1) is 0 Å². The molecule has 0 aliphatic carbocycles. The lowest BCUT2D eigenvalue weighted by atomic mass is 10.1. The molecule has 2 aromatic heterocycles. The Morgan fingerprint density at radius 1 is 1.38 bits per heavy atom. The van der Waals surface area contributed by atoms with Crippen molar-refractivity contribution in [3.05, 3.63) is 29.8 Å². The Morgan fingerprint density at radius 3 is 3.08 bits per heavy atom. The fourth-order valence-corrected chi connectivity index (χ4v) is 4.29. The summed E-state index contributed by atoms with van der Waals surface area (Å²) < 4.78 is 34.8. The van der Waals surface area contributed by atoms with Gasteiger partial charge in [-0.1, -0.05) is 13.0 Å². The maximum atomic E-state index is 12.8. The number of hydrogen-bond acceptors (Lipinski definition) is 7. The van der Waals surface area contributed by atoms with Crippen molar-refractivity contribution in [1.29, 1.82) is 0 Å². The molecule has 1 atom stereocenters. The molecular weight excluding hydrogens is 332 g/mol. The lowest BCUT2D eigenvalue weighted by molar-refractivity contribution is 0.315. The molecular formula is C14H16N6O3S. The summed E-state index contributed by atoms with van der Waals surface area (Å²) in [6.07, 6.45) is 2.22. The number of rotatable bonds is 4. The number of aryl methyl sites for hydroxylation is 2. The van der Waals surface area contributed by atoms with Crippen LogP contribution in [0.15, 0.2) is 27.7 Å². The van der Waals surface area contributed by atoms with Crippen molar-refractivity contribution in [1.82, 2.24) is 29.8 Å². The smallest absolute Gasteiger partial charge is 0.243 e. The molecule has 0 amide bonds. The second-order valence-corrected chi connectivity index (χ2v) is 7.35. The first kappa shape index (κ1) is 15.2. The van der Waals surface area contributed by atoms with Gasteiger partial charge < -0.3 is 0 Å². The van der Waals surface area contributed by atoms with Crippen LogP contribution in [0.3, 0.4) is 0 Å². The molecule has 1 N–H and O–H groups in total. The molecule has 1 unspecified atom stereocenters. The first-order chi connectivity index (χ1) is 11.6. The van der Waals surface area contributed by atoms with Crippen molar-refractivity contribution in [3.63, 3.8) is 0 Å². The van der Waals surface area contributed by atoms with Crippen LogP contribution in [0.1, 0.15) is 37.5 Å². The minimum absolute atomic E-state index is 0.0496. The molecule has 1 aromatic carbocycles. The number of hydrogen-bond donors (Lipinski definition) is 1. The Kier molecular flexibility index (Phi) is 3.57. The van der Waals surface area contributed by atoms with Crippen LogP contribution < -0.4 is 4.72 Å². The van der Waals surface area contributed by atoms with Crippen LogP contribution in [-0.2, 0) is 23.0 Å². The van der Waals surface area contributed by atoms with Gasteiger partial charge in [0, 0.05) is 13.0 Å². The van der Waals surface area contributed by atoms with Crippen LogP contribution in [-0.4, -0.2) is 33.5 Å². The predicted octanol–water partition coefficient (Wildman–Crippen LogP) is 1.19. The summed E-state index contributed by atoms with van der Waals surface area (Å²) in [4.78, 5) is 4.51. The average molecular weight is 348 g/mol. The average Bonchev–Trinajstić information content (AvgIpc) is 3.20. The van der Waals surface area contributed by atoms with Crippen molar-refractivity contribution < 1.29 is 13.0 Å². The summed E-state index contributed by atoms with van der Waals surface area (Å²) >= 11 is 0. The van der Waals surface area contributed by atoms with E-state index in [0.717, 1.165) is 18.8 Å². The van der Waals surface area contributed by atoms with E-state index in [2.05, 4.69) is 29.7 Å². The van der Waals surface area contributed by atoms with Gasteiger partial charge in [-0.05, 0) is 35.3 Å². The van der Waals surface area contributed by atoms with E-state index in [0.29, 0.717) is 24.2 Å². The molecule has 1 aliphatic heterocycles. The molecule has 0 radical (unpaired) electrons. The van der Waals surface area contributed by atoms with Gasteiger partial charge in [-0.25, -0.2) is 27.4 Å². The Labute approximate surface area is 138 Å². The minimum atomic E-state index is -3.79. The molecule has 10 heteroatoms. The minimum Gasteiger partial charge on any atom is -0.248 e. The largest absolute Gasteiger partial charge is 0.248 e. The SMILES string of the molecule is CCc1nc2n(n1)CCCC2NS(=O)(=O)c1cccc2nonc12.